The van der Waals surface area contributed by atoms with Gasteiger partial charge in [0.2, 0.25) is 0 Å². The Morgan fingerprint density at radius 3 is 2.54 bits per heavy atom. The van der Waals surface area contributed by atoms with Crippen LogP contribution in [0.3, 0.4) is 0 Å². The maximum absolute atomic E-state index is 10.6. The first-order valence-electron chi connectivity index (χ1n) is 4.63. The third-order valence-corrected chi connectivity index (χ3v) is 2.07. The molecule has 0 saturated carbocycles. The van der Waals surface area contributed by atoms with Crippen molar-refractivity contribution in [2.24, 2.45) is 5.92 Å². The lowest BCUT2D eigenvalue weighted by Crippen LogP contribution is -2.51. The van der Waals surface area contributed by atoms with Gasteiger partial charge in [0.05, 0.1) is 25.8 Å². The number of carboxylic acid groups (broad SMARTS) is 1. The van der Waals surface area contributed by atoms with E-state index in [2.05, 4.69) is 13.8 Å². The molecule has 0 bridgehead atoms. The summed E-state index contributed by atoms with van der Waals surface area (Å²) in [6.45, 7) is 6.51. The Balaban J connectivity index is 2.37. The highest BCUT2D eigenvalue weighted by molar-refractivity contribution is 5.69. The van der Waals surface area contributed by atoms with Crippen LogP contribution in [-0.4, -0.2) is 48.3 Å². The number of nitrogens with zero attached hydrogens (tertiary/aromatic N) is 1. The van der Waals surface area contributed by atoms with Crippen LogP contribution in [0.15, 0.2) is 0 Å². The fourth-order valence-corrected chi connectivity index (χ4v) is 1.42. The lowest BCUT2D eigenvalue weighted by molar-refractivity contribution is -0.142. The second kappa shape index (κ2) is 4.58. The van der Waals surface area contributed by atoms with Crippen LogP contribution in [0.2, 0.25) is 0 Å². The zero-order valence-electron chi connectivity index (χ0n) is 8.19. The quantitative estimate of drug-likeness (QED) is 0.678. The van der Waals surface area contributed by atoms with Crippen molar-refractivity contribution in [3.8, 4) is 0 Å². The van der Waals surface area contributed by atoms with Crippen molar-refractivity contribution in [2.75, 3.05) is 26.3 Å². The van der Waals surface area contributed by atoms with Crippen LogP contribution in [0.4, 0.5) is 0 Å². The van der Waals surface area contributed by atoms with Crippen LogP contribution in [0.5, 0.6) is 0 Å². The molecule has 0 aromatic carbocycles. The van der Waals surface area contributed by atoms with Gasteiger partial charge in [-0.3, -0.25) is 9.69 Å². The van der Waals surface area contributed by atoms with Crippen LogP contribution in [0.25, 0.3) is 0 Å². The van der Waals surface area contributed by atoms with Gasteiger partial charge in [-0.25, -0.2) is 0 Å². The summed E-state index contributed by atoms with van der Waals surface area (Å²) in [6, 6.07) is 0.318. The molecule has 0 aliphatic carbocycles. The molecule has 1 heterocycles. The van der Waals surface area contributed by atoms with Gasteiger partial charge in [-0.2, -0.15) is 0 Å². The molecular formula is C9H17NO3. The van der Waals surface area contributed by atoms with Crippen molar-refractivity contribution < 1.29 is 14.6 Å². The first-order valence-corrected chi connectivity index (χ1v) is 4.63. The summed E-state index contributed by atoms with van der Waals surface area (Å²) in [4.78, 5) is 12.5. The predicted octanol–water partition coefficient (Wildman–Crippen LogP) is 0.428. The molecule has 0 spiro atoms. The summed E-state index contributed by atoms with van der Waals surface area (Å²) in [5, 5.41) is 8.68. The summed E-state index contributed by atoms with van der Waals surface area (Å²) in [6.07, 6.45) is 0. The van der Waals surface area contributed by atoms with Gasteiger partial charge in [-0.1, -0.05) is 13.8 Å². The van der Waals surface area contributed by atoms with E-state index in [4.69, 9.17) is 9.84 Å². The van der Waals surface area contributed by atoms with E-state index in [0.29, 0.717) is 25.2 Å². The summed E-state index contributed by atoms with van der Waals surface area (Å²) in [5.41, 5.74) is 0. The third kappa shape index (κ3) is 3.32. The summed E-state index contributed by atoms with van der Waals surface area (Å²) < 4.78 is 5.04. The lowest BCUT2D eigenvalue weighted by Gasteiger charge is -2.37. The van der Waals surface area contributed by atoms with Crippen LogP contribution >= 0.6 is 0 Å². The molecule has 0 amide bonds. The maximum atomic E-state index is 10.6. The number of aliphatic carboxylic acids is 1. The SMILES string of the molecule is CC(C)CN(CC(=O)O)C1COC1. The normalized spacial score (nSPS) is 17.8. The Bertz CT molecular complexity index is 178. The minimum atomic E-state index is -0.757. The topological polar surface area (TPSA) is 49.8 Å². The van der Waals surface area contributed by atoms with E-state index in [1.54, 1.807) is 0 Å². The largest absolute Gasteiger partial charge is 0.480 e. The van der Waals surface area contributed by atoms with Crippen molar-refractivity contribution in [3.05, 3.63) is 0 Å². The van der Waals surface area contributed by atoms with Crippen molar-refractivity contribution in [3.63, 3.8) is 0 Å². The number of hydrogen-bond donors (Lipinski definition) is 1. The van der Waals surface area contributed by atoms with E-state index >= 15 is 0 Å². The highest BCUT2D eigenvalue weighted by Crippen LogP contribution is 2.12. The van der Waals surface area contributed by atoms with Gasteiger partial charge in [0.25, 0.3) is 0 Å². The summed E-state index contributed by atoms with van der Waals surface area (Å²) >= 11 is 0. The average Bonchev–Trinajstić information content (AvgIpc) is 1.78. The zero-order chi connectivity index (χ0) is 9.84. The molecule has 1 N–H and O–H groups in total. The zero-order valence-corrected chi connectivity index (χ0v) is 8.19. The number of carboxylic acids is 1. The molecule has 0 aromatic heterocycles. The van der Waals surface area contributed by atoms with Crippen LogP contribution < -0.4 is 0 Å². The fourth-order valence-electron chi connectivity index (χ4n) is 1.42. The molecule has 4 nitrogen and oxygen atoms in total. The molecule has 13 heavy (non-hydrogen) atoms. The fraction of sp³-hybridized carbons (Fsp3) is 0.889. The van der Waals surface area contributed by atoms with Gasteiger partial charge in [-0.05, 0) is 5.92 Å². The van der Waals surface area contributed by atoms with E-state index in [1.165, 1.54) is 0 Å². The molecule has 0 atom stereocenters. The van der Waals surface area contributed by atoms with Gasteiger partial charge in [-0.15, -0.1) is 0 Å². The standard InChI is InChI=1S/C9H17NO3/c1-7(2)3-10(4-9(11)12)8-5-13-6-8/h7-8H,3-6H2,1-2H3,(H,11,12). The highest BCUT2D eigenvalue weighted by Gasteiger charge is 2.27. The van der Waals surface area contributed by atoms with Crippen LogP contribution in [0, 0.1) is 5.92 Å². The van der Waals surface area contributed by atoms with E-state index in [9.17, 15) is 4.79 Å². The van der Waals surface area contributed by atoms with Crippen molar-refractivity contribution >= 4 is 5.97 Å². The molecule has 1 aliphatic rings. The van der Waals surface area contributed by atoms with Crippen LogP contribution in [-0.2, 0) is 9.53 Å². The molecule has 0 radical (unpaired) electrons. The molecule has 0 unspecified atom stereocenters. The number of ether oxygens (including phenoxy) is 1. The average molecular weight is 187 g/mol. The number of hydrogen-bond acceptors (Lipinski definition) is 3. The van der Waals surface area contributed by atoms with E-state index in [-0.39, 0.29) is 6.54 Å². The minimum absolute atomic E-state index is 0.131. The second-order valence-electron chi connectivity index (χ2n) is 3.91. The third-order valence-electron chi connectivity index (χ3n) is 2.07. The highest BCUT2D eigenvalue weighted by atomic mass is 16.5. The Kier molecular flexibility index (Phi) is 3.69. The number of carbonyl (C=O) groups is 1. The van der Waals surface area contributed by atoms with Gasteiger partial charge >= 0.3 is 5.97 Å². The molecule has 1 aliphatic heterocycles. The lowest BCUT2D eigenvalue weighted by atomic mass is 10.1. The minimum Gasteiger partial charge on any atom is -0.480 e. The Labute approximate surface area is 78.5 Å². The Morgan fingerprint density at radius 2 is 2.23 bits per heavy atom. The number of rotatable bonds is 5. The first kappa shape index (κ1) is 10.5. The van der Waals surface area contributed by atoms with Gasteiger partial charge in [0.1, 0.15) is 0 Å². The van der Waals surface area contributed by atoms with Gasteiger partial charge < -0.3 is 9.84 Å². The van der Waals surface area contributed by atoms with E-state index in [0.717, 1.165) is 6.54 Å². The molecule has 1 fully saturated rings. The van der Waals surface area contributed by atoms with Crippen molar-refractivity contribution in [1.82, 2.24) is 4.90 Å². The smallest absolute Gasteiger partial charge is 0.317 e. The maximum Gasteiger partial charge on any atom is 0.317 e. The Hall–Kier alpha value is -0.610. The Morgan fingerprint density at radius 1 is 1.62 bits per heavy atom. The molecule has 76 valence electrons. The van der Waals surface area contributed by atoms with E-state index in [1.807, 2.05) is 4.90 Å². The van der Waals surface area contributed by atoms with Crippen molar-refractivity contribution in [2.45, 2.75) is 19.9 Å². The first-order chi connectivity index (χ1) is 6.09. The van der Waals surface area contributed by atoms with Crippen LogP contribution in [0.1, 0.15) is 13.8 Å². The van der Waals surface area contributed by atoms with Gasteiger partial charge in [0, 0.05) is 6.54 Å². The molecule has 1 rings (SSSR count). The summed E-state index contributed by atoms with van der Waals surface area (Å²) in [7, 11) is 0. The molecule has 1 saturated heterocycles. The summed E-state index contributed by atoms with van der Waals surface area (Å²) in [5.74, 6) is -0.257. The molecule has 0 aromatic rings. The second-order valence-corrected chi connectivity index (χ2v) is 3.91. The molecule has 4 heteroatoms. The van der Waals surface area contributed by atoms with Crippen molar-refractivity contribution in [1.29, 1.82) is 0 Å². The van der Waals surface area contributed by atoms with Gasteiger partial charge in [0.15, 0.2) is 0 Å². The monoisotopic (exact) mass is 187 g/mol. The molecular weight excluding hydrogens is 170 g/mol. The predicted molar refractivity (Wildman–Crippen MR) is 48.7 cm³/mol. The van der Waals surface area contributed by atoms with E-state index < -0.39 is 5.97 Å².